The third-order valence-electron chi connectivity index (χ3n) is 2.43. The molecule has 0 bridgehead atoms. The molecule has 0 spiro atoms. The fourth-order valence-electron chi connectivity index (χ4n) is 1.42. The molecule has 0 amide bonds. The number of nitrogen functional groups attached to an aromatic ring is 1. The number of hydrogen-bond acceptors (Lipinski definition) is 5. The average Bonchev–Trinajstić information content (AvgIpc) is 2.80. The molecule has 2 rings (SSSR count). The zero-order valence-corrected chi connectivity index (χ0v) is 8.41. The third-order valence-corrected chi connectivity index (χ3v) is 2.43. The van der Waals surface area contributed by atoms with Gasteiger partial charge >= 0.3 is 0 Å². The van der Waals surface area contributed by atoms with Gasteiger partial charge in [-0.1, -0.05) is 6.92 Å². The van der Waals surface area contributed by atoms with Crippen molar-refractivity contribution in [2.75, 3.05) is 10.7 Å². The van der Waals surface area contributed by atoms with Crippen LogP contribution in [0.1, 0.15) is 19.0 Å². The van der Waals surface area contributed by atoms with Gasteiger partial charge in [0.25, 0.3) is 0 Å². The summed E-state index contributed by atoms with van der Waals surface area (Å²) in [5.41, 5.74) is 3.36. The number of rotatable bonds is 3. The van der Waals surface area contributed by atoms with E-state index in [0.717, 1.165) is 17.4 Å². The van der Waals surface area contributed by atoms with E-state index in [1.54, 1.807) is 0 Å². The lowest BCUT2D eigenvalue weighted by Crippen LogP contribution is -2.13. The number of nitrogens with zero attached hydrogens (tertiary/aromatic N) is 2. The van der Waals surface area contributed by atoms with Gasteiger partial charge in [-0.25, -0.2) is 10.8 Å². The van der Waals surface area contributed by atoms with Crippen molar-refractivity contribution in [3.63, 3.8) is 0 Å². The molecule has 2 unspecified atom stereocenters. The van der Waals surface area contributed by atoms with Gasteiger partial charge < -0.3 is 5.32 Å². The SMILES string of the molecule is Cc1cc(NC2CC2C)nc(NN)n1. The largest absolute Gasteiger partial charge is 0.367 e. The summed E-state index contributed by atoms with van der Waals surface area (Å²) in [5.74, 6) is 7.31. The molecule has 1 aromatic rings. The summed E-state index contributed by atoms with van der Waals surface area (Å²) in [4.78, 5) is 8.32. The summed E-state index contributed by atoms with van der Waals surface area (Å²) in [7, 11) is 0. The molecule has 0 aliphatic heterocycles. The van der Waals surface area contributed by atoms with Gasteiger partial charge in [0.05, 0.1) is 0 Å². The van der Waals surface area contributed by atoms with Crippen LogP contribution in [-0.2, 0) is 0 Å². The number of nitrogens with one attached hydrogen (secondary N) is 2. The number of hydrazine groups is 1. The summed E-state index contributed by atoms with van der Waals surface area (Å²) >= 11 is 0. The molecular weight excluding hydrogens is 178 g/mol. The number of aryl methyl sites for hydroxylation is 1. The molecule has 1 fully saturated rings. The van der Waals surface area contributed by atoms with E-state index in [2.05, 4.69) is 27.6 Å². The Morgan fingerprint density at radius 1 is 1.50 bits per heavy atom. The fraction of sp³-hybridized carbons (Fsp3) is 0.556. The molecule has 1 saturated carbocycles. The summed E-state index contributed by atoms with van der Waals surface area (Å²) in [6.45, 7) is 4.14. The van der Waals surface area contributed by atoms with E-state index in [1.165, 1.54) is 6.42 Å². The van der Waals surface area contributed by atoms with Crippen molar-refractivity contribution in [3.05, 3.63) is 11.8 Å². The van der Waals surface area contributed by atoms with Gasteiger partial charge in [-0.3, -0.25) is 5.43 Å². The molecule has 76 valence electrons. The maximum atomic E-state index is 5.26. The van der Waals surface area contributed by atoms with Crippen molar-refractivity contribution in [2.45, 2.75) is 26.3 Å². The first kappa shape index (κ1) is 9.21. The Kier molecular flexibility index (Phi) is 2.25. The summed E-state index contributed by atoms with van der Waals surface area (Å²) in [6, 6.07) is 2.49. The molecule has 5 heteroatoms. The van der Waals surface area contributed by atoms with E-state index in [1.807, 2.05) is 13.0 Å². The van der Waals surface area contributed by atoms with Crippen LogP contribution in [0.2, 0.25) is 0 Å². The van der Waals surface area contributed by atoms with Crippen LogP contribution in [0.25, 0.3) is 0 Å². The van der Waals surface area contributed by atoms with E-state index in [0.29, 0.717) is 12.0 Å². The maximum absolute atomic E-state index is 5.26. The number of nitrogens with two attached hydrogens (primary N) is 1. The Morgan fingerprint density at radius 3 is 2.79 bits per heavy atom. The minimum Gasteiger partial charge on any atom is -0.367 e. The quantitative estimate of drug-likeness (QED) is 0.491. The van der Waals surface area contributed by atoms with E-state index in [4.69, 9.17) is 5.84 Å². The zero-order chi connectivity index (χ0) is 10.1. The highest BCUT2D eigenvalue weighted by Gasteiger charge is 2.32. The third kappa shape index (κ3) is 1.93. The van der Waals surface area contributed by atoms with E-state index < -0.39 is 0 Å². The predicted molar refractivity (Wildman–Crippen MR) is 55.8 cm³/mol. The van der Waals surface area contributed by atoms with Crippen LogP contribution in [0.4, 0.5) is 11.8 Å². The highest BCUT2D eigenvalue weighted by atomic mass is 15.3. The Hall–Kier alpha value is -1.36. The molecule has 2 atom stereocenters. The first-order chi connectivity index (χ1) is 6.69. The van der Waals surface area contributed by atoms with Crippen LogP contribution in [-0.4, -0.2) is 16.0 Å². The molecule has 0 radical (unpaired) electrons. The van der Waals surface area contributed by atoms with Gasteiger partial charge in [-0.05, 0) is 19.3 Å². The van der Waals surface area contributed by atoms with Crippen molar-refractivity contribution in [2.24, 2.45) is 11.8 Å². The van der Waals surface area contributed by atoms with Crippen molar-refractivity contribution >= 4 is 11.8 Å². The molecule has 0 saturated heterocycles. The highest BCUT2D eigenvalue weighted by Crippen LogP contribution is 2.32. The van der Waals surface area contributed by atoms with Crippen molar-refractivity contribution in [1.82, 2.24) is 9.97 Å². The van der Waals surface area contributed by atoms with Gasteiger partial charge in [0.15, 0.2) is 0 Å². The molecule has 1 aliphatic rings. The van der Waals surface area contributed by atoms with Crippen LogP contribution >= 0.6 is 0 Å². The number of hydrogen-bond donors (Lipinski definition) is 3. The lowest BCUT2D eigenvalue weighted by Gasteiger charge is -2.06. The van der Waals surface area contributed by atoms with Crippen LogP contribution in [0.5, 0.6) is 0 Å². The van der Waals surface area contributed by atoms with Gasteiger partial charge in [0.1, 0.15) is 5.82 Å². The van der Waals surface area contributed by atoms with Crippen LogP contribution < -0.4 is 16.6 Å². The Bertz CT molecular complexity index is 338. The number of anilines is 2. The highest BCUT2D eigenvalue weighted by molar-refractivity contribution is 5.43. The van der Waals surface area contributed by atoms with E-state index in [-0.39, 0.29) is 0 Å². The van der Waals surface area contributed by atoms with Crippen molar-refractivity contribution < 1.29 is 0 Å². The first-order valence-corrected chi connectivity index (χ1v) is 4.78. The lowest BCUT2D eigenvalue weighted by atomic mass is 10.4. The lowest BCUT2D eigenvalue weighted by molar-refractivity contribution is 0.920. The average molecular weight is 193 g/mol. The van der Waals surface area contributed by atoms with Gasteiger partial charge in [0.2, 0.25) is 5.95 Å². The van der Waals surface area contributed by atoms with Gasteiger partial charge in [-0.15, -0.1) is 0 Å². The molecule has 1 aliphatic carbocycles. The standard InChI is InChI=1S/C9H15N5/c1-5-3-7(5)12-8-4-6(2)11-9(13-8)14-10/h4-5,7H,3,10H2,1-2H3,(H2,11,12,13,14). The summed E-state index contributed by atoms with van der Waals surface area (Å²) in [6.07, 6.45) is 1.22. The smallest absolute Gasteiger partial charge is 0.239 e. The number of aromatic nitrogens is 2. The van der Waals surface area contributed by atoms with Gasteiger partial charge in [-0.2, -0.15) is 4.98 Å². The molecular formula is C9H15N5. The fourth-order valence-corrected chi connectivity index (χ4v) is 1.42. The van der Waals surface area contributed by atoms with Gasteiger partial charge in [0, 0.05) is 17.8 Å². The summed E-state index contributed by atoms with van der Waals surface area (Å²) < 4.78 is 0. The van der Waals surface area contributed by atoms with Crippen LogP contribution in [0, 0.1) is 12.8 Å². The normalized spacial score (nSPS) is 24.5. The molecule has 0 aromatic carbocycles. The monoisotopic (exact) mass is 193 g/mol. The molecule has 5 nitrogen and oxygen atoms in total. The van der Waals surface area contributed by atoms with Crippen molar-refractivity contribution in [1.29, 1.82) is 0 Å². The summed E-state index contributed by atoms with van der Waals surface area (Å²) in [5, 5.41) is 3.33. The minimum atomic E-state index is 0.459. The molecule has 1 heterocycles. The Balaban J connectivity index is 2.12. The maximum Gasteiger partial charge on any atom is 0.239 e. The predicted octanol–water partition coefficient (Wildman–Crippen LogP) is 0.891. The van der Waals surface area contributed by atoms with E-state index >= 15 is 0 Å². The van der Waals surface area contributed by atoms with E-state index in [9.17, 15) is 0 Å². The Morgan fingerprint density at radius 2 is 2.21 bits per heavy atom. The van der Waals surface area contributed by atoms with Crippen molar-refractivity contribution in [3.8, 4) is 0 Å². The second-order valence-corrected chi connectivity index (χ2v) is 3.83. The Labute approximate surface area is 83.1 Å². The zero-order valence-electron chi connectivity index (χ0n) is 8.41. The van der Waals surface area contributed by atoms with Crippen LogP contribution in [0.3, 0.4) is 0 Å². The molecule has 1 aromatic heterocycles. The molecule has 14 heavy (non-hydrogen) atoms. The second kappa shape index (κ2) is 3.42. The molecule has 4 N–H and O–H groups in total. The van der Waals surface area contributed by atoms with Crippen LogP contribution in [0.15, 0.2) is 6.07 Å². The topological polar surface area (TPSA) is 75.9 Å². The second-order valence-electron chi connectivity index (χ2n) is 3.83. The first-order valence-electron chi connectivity index (χ1n) is 4.78. The minimum absolute atomic E-state index is 0.459.